The molecular weight excluding hydrogens is 535 g/mol. The molecule has 0 saturated carbocycles. The molecule has 37 heavy (non-hydrogen) atoms. The largest absolute Gasteiger partial charge is 0.449 e. The van der Waals surface area contributed by atoms with E-state index < -0.39 is 38.9 Å². The molecule has 1 saturated heterocycles. The minimum atomic E-state index is -4.78. The SMILES string of the molecule is O=C1/C(=C/c2ccccc2Oc2ccc(C(F)(F)F)cc2[N+](=O)[O-])SC(=S)N1c1ccc([N+](=O)[O-])cc1. The van der Waals surface area contributed by atoms with Gasteiger partial charge >= 0.3 is 11.9 Å². The molecule has 1 aliphatic rings. The summed E-state index contributed by atoms with van der Waals surface area (Å²) in [7, 11) is 0. The molecule has 9 nitrogen and oxygen atoms in total. The zero-order chi connectivity index (χ0) is 26.9. The van der Waals surface area contributed by atoms with E-state index in [9.17, 15) is 38.2 Å². The Kier molecular flexibility index (Phi) is 6.96. The van der Waals surface area contributed by atoms with E-state index in [1.807, 2.05) is 0 Å². The molecule has 0 bridgehead atoms. The number of anilines is 1. The average Bonchev–Trinajstić information content (AvgIpc) is 3.12. The second-order valence-electron chi connectivity index (χ2n) is 7.37. The summed E-state index contributed by atoms with van der Waals surface area (Å²) in [6.07, 6.45) is -3.35. The number of carbonyl (C=O) groups is 1. The molecule has 0 unspecified atom stereocenters. The lowest BCUT2D eigenvalue weighted by atomic mass is 10.1. The Balaban J connectivity index is 1.65. The smallest absolute Gasteiger partial charge is 0.416 e. The van der Waals surface area contributed by atoms with Crippen LogP contribution in [0, 0.1) is 20.2 Å². The summed E-state index contributed by atoms with van der Waals surface area (Å²) < 4.78 is 44.8. The van der Waals surface area contributed by atoms with Crippen molar-refractivity contribution in [1.29, 1.82) is 0 Å². The number of thioether (sulfide) groups is 1. The third-order valence-electron chi connectivity index (χ3n) is 5.02. The Morgan fingerprint density at radius 3 is 2.24 bits per heavy atom. The predicted octanol–water partition coefficient (Wildman–Crippen LogP) is 6.72. The third-order valence-corrected chi connectivity index (χ3v) is 6.32. The van der Waals surface area contributed by atoms with Gasteiger partial charge < -0.3 is 4.74 Å². The first kappa shape index (κ1) is 25.8. The van der Waals surface area contributed by atoms with E-state index in [0.717, 1.165) is 17.8 Å². The first-order valence-electron chi connectivity index (χ1n) is 10.1. The minimum Gasteiger partial charge on any atom is -0.449 e. The number of benzene rings is 3. The molecule has 14 heteroatoms. The molecule has 188 valence electrons. The summed E-state index contributed by atoms with van der Waals surface area (Å²) in [5.74, 6) is -0.887. The van der Waals surface area contributed by atoms with Crippen molar-refractivity contribution >= 4 is 57.3 Å². The lowest BCUT2D eigenvalue weighted by Crippen LogP contribution is -2.27. The van der Waals surface area contributed by atoms with Gasteiger partial charge in [0.25, 0.3) is 11.6 Å². The van der Waals surface area contributed by atoms with Gasteiger partial charge in [0.1, 0.15) is 5.75 Å². The van der Waals surface area contributed by atoms with Crippen molar-refractivity contribution in [1.82, 2.24) is 0 Å². The standard InChI is InChI=1S/C23H12F3N3O6S2/c24-23(25,26)14-5-10-19(17(12-14)29(33)34)35-18-4-2-1-3-13(18)11-20-21(30)27(22(36)37-20)15-6-8-16(9-7-15)28(31)32/h1-12H/b20-11-. The van der Waals surface area contributed by atoms with Gasteiger partial charge in [-0.05, 0) is 36.4 Å². The van der Waals surface area contributed by atoms with E-state index in [-0.39, 0.29) is 20.7 Å². The van der Waals surface area contributed by atoms with E-state index in [0.29, 0.717) is 23.4 Å². The van der Waals surface area contributed by atoms with Crippen LogP contribution in [0.25, 0.3) is 6.08 Å². The van der Waals surface area contributed by atoms with Gasteiger partial charge in [-0.3, -0.25) is 29.9 Å². The summed E-state index contributed by atoms with van der Waals surface area (Å²) in [5.41, 5.74) is -1.61. The zero-order valence-electron chi connectivity index (χ0n) is 18.2. The fraction of sp³-hybridized carbons (Fsp3) is 0.0435. The first-order chi connectivity index (χ1) is 17.5. The van der Waals surface area contributed by atoms with Crippen LogP contribution in [0.1, 0.15) is 11.1 Å². The van der Waals surface area contributed by atoms with Gasteiger partial charge in [0.2, 0.25) is 5.75 Å². The number of alkyl halides is 3. The van der Waals surface area contributed by atoms with E-state index in [2.05, 4.69) is 0 Å². The fourth-order valence-electron chi connectivity index (χ4n) is 3.29. The normalized spacial score (nSPS) is 14.8. The van der Waals surface area contributed by atoms with Gasteiger partial charge in [0.05, 0.1) is 26.0 Å². The lowest BCUT2D eigenvalue weighted by molar-refractivity contribution is -0.385. The van der Waals surface area contributed by atoms with Crippen LogP contribution in [-0.4, -0.2) is 20.1 Å². The second kappa shape index (κ2) is 9.99. The maximum atomic E-state index is 13.1. The molecule has 0 aliphatic carbocycles. The number of thiocarbonyl (C=S) groups is 1. The molecule has 1 heterocycles. The van der Waals surface area contributed by atoms with Gasteiger partial charge in [0.15, 0.2) is 4.32 Å². The number of non-ortho nitro benzene ring substituents is 1. The second-order valence-corrected chi connectivity index (χ2v) is 9.04. The Bertz CT molecular complexity index is 1480. The molecule has 0 N–H and O–H groups in total. The quantitative estimate of drug-likeness (QED) is 0.145. The lowest BCUT2D eigenvalue weighted by Gasteiger charge is -2.14. The van der Waals surface area contributed by atoms with Crippen molar-refractivity contribution in [2.45, 2.75) is 6.18 Å². The number of hydrogen-bond acceptors (Lipinski definition) is 8. The Morgan fingerprint density at radius 2 is 1.62 bits per heavy atom. The van der Waals surface area contributed by atoms with Crippen molar-refractivity contribution in [2.24, 2.45) is 0 Å². The van der Waals surface area contributed by atoms with Gasteiger partial charge in [-0.1, -0.05) is 42.2 Å². The van der Waals surface area contributed by atoms with E-state index >= 15 is 0 Å². The molecule has 3 aromatic carbocycles. The predicted molar refractivity (Wildman–Crippen MR) is 133 cm³/mol. The molecule has 0 radical (unpaired) electrons. The van der Waals surface area contributed by atoms with Gasteiger partial charge in [0, 0.05) is 23.8 Å². The molecule has 4 rings (SSSR count). The number of carbonyl (C=O) groups excluding carboxylic acids is 1. The van der Waals surface area contributed by atoms with E-state index in [1.54, 1.807) is 18.2 Å². The van der Waals surface area contributed by atoms with Gasteiger partial charge in [-0.2, -0.15) is 13.2 Å². The van der Waals surface area contributed by atoms with E-state index in [4.69, 9.17) is 17.0 Å². The number of nitro benzene ring substituents is 2. The van der Waals surface area contributed by atoms with Crippen LogP contribution in [-0.2, 0) is 11.0 Å². The number of amides is 1. The van der Waals surface area contributed by atoms with Crippen LogP contribution in [0.3, 0.4) is 0 Å². The third kappa shape index (κ3) is 5.44. The summed E-state index contributed by atoms with van der Waals surface area (Å²) in [6, 6.07) is 13.3. The molecule has 1 fully saturated rings. The highest BCUT2D eigenvalue weighted by Gasteiger charge is 2.35. The molecule has 1 aliphatic heterocycles. The summed E-state index contributed by atoms with van der Waals surface area (Å²) in [5, 5.41) is 22.3. The van der Waals surface area contributed by atoms with Gasteiger partial charge in [-0.25, -0.2) is 0 Å². The topological polar surface area (TPSA) is 116 Å². The highest BCUT2D eigenvalue weighted by Crippen LogP contribution is 2.41. The van der Waals surface area contributed by atoms with Crippen molar-refractivity contribution in [3.05, 3.63) is 103 Å². The molecular formula is C23H12F3N3O6S2. The fourth-order valence-corrected chi connectivity index (χ4v) is 4.58. The zero-order valence-corrected chi connectivity index (χ0v) is 19.8. The molecule has 3 aromatic rings. The van der Waals surface area contributed by atoms with E-state index in [1.165, 1.54) is 41.3 Å². The van der Waals surface area contributed by atoms with Crippen molar-refractivity contribution in [3.8, 4) is 11.5 Å². The van der Waals surface area contributed by atoms with Crippen molar-refractivity contribution < 1.29 is 32.5 Å². The average molecular weight is 547 g/mol. The van der Waals surface area contributed by atoms with Crippen LogP contribution in [0.5, 0.6) is 11.5 Å². The monoisotopic (exact) mass is 547 g/mol. The van der Waals surface area contributed by atoms with Crippen LogP contribution in [0.15, 0.2) is 71.6 Å². The Labute approximate surface area is 215 Å². The van der Waals surface area contributed by atoms with Crippen molar-refractivity contribution in [3.63, 3.8) is 0 Å². The molecule has 0 spiro atoms. The number of nitro groups is 2. The maximum absolute atomic E-state index is 13.1. The number of halogens is 3. The number of nitrogens with zero attached hydrogens (tertiary/aromatic N) is 3. The maximum Gasteiger partial charge on any atom is 0.416 e. The van der Waals surface area contributed by atoms with Crippen LogP contribution in [0.4, 0.5) is 30.2 Å². The number of para-hydroxylation sites is 1. The number of ether oxygens (including phenoxy) is 1. The van der Waals surface area contributed by atoms with Crippen LogP contribution >= 0.6 is 24.0 Å². The number of rotatable bonds is 6. The van der Waals surface area contributed by atoms with Crippen LogP contribution < -0.4 is 9.64 Å². The summed E-state index contributed by atoms with van der Waals surface area (Å²) in [6.45, 7) is 0. The Hall–Kier alpha value is -4.30. The van der Waals surface area contributed by atoms with Crippen LogP contribution in [0.2, 0.25) is 0 Å². The molecule has 0 atom stereocenters. The van der Waals surface area contributed by atoms with Crippen molar-refractivity contribution in [2.75, 3.05) is 4.90 Å². The summed E-state index contributed by atoms with van der Waals surface area (Å²) in [4.78, 5) is 35.2. The molecule has 0 aromatic heterocycles. The number of hydrogen-bond donors (Lipinski definition) is 0. The Morgan fingerprint density at radius 1 is 0.946 bits per heavy atom. The van der Waals surface area contributed by atoms with Gasteiger partial charge in [-0.15, -0.1) is 0 Å². The summed E-state index contributed by atoms with van der Waals surface area (Å²) >= 11 is 6.25. The highest BCUT2D eigenvalue weighted by atomic mass is 32.2. The first-order valence-corrected chi connectivity index (χ1v) is 11.3. The molecule has 1 amide bonds. The highest BCUT2D eigenvalue weighted by molar-refractivity contribution is 8.27. The minimum absolute atomic E-state index is 0.0472.